The SMILES string of the molecule is Cl[Si]1(Cl)CC2C=CC1[Si]2(Cl)Cl. The van der Waals surface area contributed by atoms with Crippen LogP contribution >= 0.6 is 44.3 Å². The normalized spacial score (nSPS) is 43.3. The number of hydrogen-bond donors (Lipinski definition) is 0. The van der Waals surface area contributed by atoms with Gasteiger partial charge in [-0.3, -0.25) is 0 Å². The largest absolute Gasteiger partial charge is 0.264 e. The van der Waals surface area contributed by atoms with Crippen LogP contribution in [0.15, 0.2) is 12.2 Å². The van der Waals surface area contributed by atoms with Crippen molar-refractivity contribution in [2.24, 2.45) is 0 Å². The van der Waals surface area contributed by atoms with Crippen molar-refractivity contribution in [1.82, 2.24) is 0 Å². The molecule has 62 valence electrons. The molecule has 0 aromatic rings. The van der Waals surface area contributed by atoms with Crippen molar-refractivity contribution in [1.29, 1.82) is 0 Å². The summed E-state index contributed by atoms with van der Waals surface area (Å²) >= 11 is 24.8. The van der Waals surface area contributed by atoms with Crippen LogP contribution in [0.5, 0.6) is 0 Å². The maximum Gasteiger partial charge on any atom is 0.264 e. The van der Waals surface area contributed by atoms with Gasteiger partial charge < -0.3 is 0 Å². The minimum Gasteiger partial charge on any atom is -0.145 e. The lowest BCUT2D eigenvalue weighted by Gasteiger charge is -2.19. The Morgan fingerprint density at radius 2 is 1.73 bits per heavy atom. The lowest BCUT2D eigenvalue weighted by Crippen LogP contribution is -2.29. The summed E-state index contributed by atoms with van der Waals surface area (Å²) in [7, 11) is 0. The Bertz CT molecular complexity index is 225. The summed E-state index contributed by atoms with van der Waals surface area (Å²) in [6.07, 6.45) is 4.12. The molecular formula is C5H6Cl4Si2. The van der Waals surface area contributed by atoms with Gasteiger partial charge >= 0.3 is 0 Å². The average molecular weight is 264 g/mol. The Balaban J connectivity index is 2.40. The first-order valence-corrected chi connectivity index (χ1v) is 11.9. The number of rotatable bonds is 0. The van der Waals surface area contributed by atoms with Crippen molar-refractivity contribution < 1.29 is 0 Å². The minimum absolute atomic E-state index is 0.159. The summed E-state index contributed by atoms with van der Waals surface area (Å²) in [5, 5.41) is 0.159. The van der Waals surface area contributed by atoms with Crippen LogP contribution in [0.4, 0.5) is 0 Å². The number of fused-ring (bicyclic) bond motifs is 2. The topological polar surface area (TPSA) is 0 Å². The van der Waals surface area contributed by atoms with E-state index in [1.807, 2.05) is 6.08 Å². The van der Waals surface area contributed by atoms with Crippen molar-refractivity contribution in [3.05, 3.63) is 12.2 Å². The quantitative estimate of drug-likeness (QED) is 0.355. The predicted octanol–water partition coefficient (Wildman–Crippen LogP) is 3.69. The van der Waals surface area contributed by atoms with E-state index in [1.165, 1.54) is 0 Å². The predicted molar refractivity (Wildman–Crippen MR) is 56.4 cm³/mol. The van der Waals surface area contributed by atoms with Crippen molar-refractivity contribution in [3.8, 4) is 0 Å². The third kappa shape index (κ3) is 1.15. The minimum atomic E-state index is -2.14. The summed E-state index contributed by atoms with van der Waals surface area (Å²) in [4.78, 5) is 0. The Hall–Kier alpha value is 1.33. The third-order valence-corrected chi connectivity index (χ3v) is 17.8. The van der Waals surface area contributed by atoms with Gasteiger partial charge in [0.2, 0.25) is 0 Å². The molecule has 0 nitrogen and oxygen atoms in total. The standard InChI is InChI=1S/C5H6Cl4Si2/c6-10(7)3-4-1-2-5(10)11(4,8)9/h1-2,4-5H,3H2. The number of halogens is 4. The fourth-order valence-corrected chi connectivity index (χ4v) is 22.6. The first-order valence-electron chi connectivity index (χ1n) is 3.38. The maximum absolute atomic E-state index is 6.22. The first kappa shape index (κ1) is 8.91. The molecule has 0 saturated carbocycles. The van der Waals surface area contributed by atoms with Gasteiger partial charge in [-0.15, -0.1) is 44.3 Å². The highest BCUT2D eigenvalue weighted by molar-refractivity contribution is 7.60. The van der Waals surface area contributed by atoms with Gasteiger partial charge in [0.25, 0.3) is 13.4 Å². The second-order valence-corrected chi connectivity index (χ2v) is 17.9. The fourth-order valence-electron chi connectivity index (χ4n) is 1.78. The van der Waals surface area contributed by atoms with Crippen LogP contribution in [0, 0.1) is 0 Å². The monoisotopic (exact) mass is 262 g/mol. The van der Waals surface area contributed by atoms with Crippen LogP contribution in [0.3, 0.4) is 0 Å². The molecular weight excluding hydrogens is 258 g/mol. The van der Waals surface area contributed by atoms with Gasteiger partial charge in [0, 0.05) is 5.16 Å². The summed E-state index contributed by atoms with van der Waals surface area (Å²) in [6, 6.07) is 0.858. The second kappa shape index (κ2) is 2.43. The van der Waals surface area contributed by atoms with E-state index >= 15 is 0 Å². The summed E-state index contributed by atoms with van der Waals surface area (Å²) in [5.41, 5.74) is 0.317. The third-order valence-electron chi connectivity index (χ3n) is 2.39. The Morgan fingerprint density at radius 3 is 1.91 bits per heavy atom. The van der Waals surface area contributed by atoms with Gasteiger partial charge in [-0.25, -0.2) is 0 Å². The van der Waals surface area contributed by atoms with Gasteiger partial charge in [-0.2, -0.15) is 0 Å². The molecule has 2 aliphatic rings. The van der Waals surface area contributed by atoms with Crippen LogP contribution in [0.1, 0.15) is 0 Å². The molecule has 0 radical (unpaired) electrons. The van der Waals surface area contributed by atoms with Crippen LogP contribution in [0.25, 0.3) is 0 Å². The van der Waals surface area contributed by atoms with Gasteiger partial charge in [0.15, 0.2) is 0 Å². The molecule has 2 aliphatic heterocycles. The zero-order valence-corrected chi connectivity index (χ0v) is 10.6. The number of allylic oxidation sites excluding steroid dienone is 2. The van der Waals surface area contributed by atoms with E-state index in [9.17, 15) is 0 Å². The zero-order chi connectivity index (χ0) is 8.28. The van der Waals surface area contributed by atoms with Gasteiger partial charge in [-0.1, -0.05) is 12.2 Å². The van der Waals surface area contributed by atoms with Crippen molar-refractivity contribution in [2.45, 2.75) is 16.7 Å². The molecule has 0 aliphatic carbocycles. The molecule has 2 heterocycles. The molecule has 0 spiro atoms. The molecule has 6 heteroatoms. The van der Waals surface area contributed by atoms with Crippen LogP contribution < -0.4 is 0 Å². The lowest BCUT2D eigenvalue weighted by molar-refractivity contribution is 1.18. The second-order valence-electron chi connectivity index (χ2n) is 3.11. The van der Waals surface area contributed by atoms with E-state index < -0.39 is 13.4 Å². The van der Waals surface area contributed by atoms with E-state index in [1.54, 1.807) is 0 Å². The molecule has 0 aromatic heterocycles. The van der Waals surface area contributed by atoms with Crippen molar-refractivity contribution in [3.63, 3.8) is 0 Å². The molecule has 2 atom stereocenters. The molecule has 2 bridgehead atoms. The number of hydrogen-bond acceptors (Lipinski definition) is 0. The smallest absolute Gasteiger partial charge is 0.145 e. The van der Waals surface area contributed by atoms with E-state index in [2.05, 4.69) is 6.08 Å². The Kier molecular flexibility index (Phi) is 1.97. The van der Waals surface area contributed by atoms with Crippen molar-refractivity contribution >= 4 is 57.7 Å². The molecule has 0 N–H and O–H groups in total. The maximum atomic E-state index is 6.22. The van der Waals surface area contributed by atoms with Gasteiger partial charge in [0.05, 0.1) is 0 Å². The molecule has 2 unspecified atom stereocenters. The molecule has 1 saturated heterocycles. The molecule has 1 fully saturated rings. The zero-order valence-electron chi connectivity index (χ0n) is 5.53. The van der Waals surface area contributed by atoms with E-state index in [0.29, 0.717) is 5.54 Å². The van der Waals surface area contributed by atoms with E-state index in [0.717, 1.165) is 6.04 Å². The first-order chi connectivity index (χ1) is 4.94. The summed E-state index contributed by atoms with van der Waals surface area (Å²) < 4.78 is 0. The van der Waals surface area contributed by atoms with Crippen LogP contribution in [-0.2, 0) is 0 Å². The van der Waals surface area contributed by atoms with Gasteiger partial charge in [0.1, 0.15) is 0 Å². The molecule has 11 heavy (non-hydrogen) atoms. The highest BCUT2D eigenvalue weighted by atomic mass is 35.7. The molecule has 0 aromatic carbocycles. The summed E-state index contributed by atoms with van der Waals surface area (Å²) in [5.74, 6) is 0. The van der Waals surface area contributed by atoms with E-state index in [-0.39, 0.29) is 5.16 Å². The highest BCUT2D eigenvalue weighted by Crippen LogP contribution is 2.64. The lowest BCUT2D eigenvalue weighted by atomic mass is 10.4. The van der Waals surface area contributed by atoms with E-state index in [4.69, 9.17) is 44.3 Å². The average Bonchev–Trinajstić information content (AvgIpc) is 2.15. The van der Waals surface area contributed by atoms with Crippen LogP contribution in [0.2, 0.25) is 16.7 Å². The van der Waals surface area contributed by atoms with Crippen LogP contribution in [-0.4, -0.2) is 13.4 Å². The summed E-state index contributed by atoms with van der Waals surface area (Å²) in [6.45, 7) is -4.24. The van der Waals surface area contributed by atoms with Crippen molar-refractivity contribution in [2.75, 3.05) is 0 Å². The molecule has 0 amide bonds. The highest BCUT2D eigenvalue weighted by Gasteiger charge is 2.65. The Labute approximate surface area is 86.3 Å². The molecule has 2 rings (SSSR count). The van der Waals surface area contributed by atoms with Gasteiger partial charge in [-0.05, 0) is 11.6 Å². The fraction of sp³-hybridized carbons (Fsp3) is 0.600. The Morgan fingerprint density at radius 1 is 1.09 bits per heavy atom.